The zero-order chi connectivity index (χ0) is 21.7. The van der Waals surface area contributed by atoms with E-state index in [2.05, 4.69) is 21.6 Å². The van der Waals surface area contributed by atoms with Crippen molar-refractivity contribution in [2.45, 2.75) is 25.9 Å². The summed E-state index contributed by atoms with van der Waals surface area (Å²) in [5, 5.41) is 0.662. The molecule has 1 saturated heterocycles. The van der Waals surface area contributed by atoms with Crippen molar-refractivity contribution >= 4 is 16.8 Å². The average Bonchev–Trinajstić information content (AvgIpc) is 3.29. The quantitative estimate of drug-likeness (QED) is 0.638. The Balaban J connectivity index is 1.18. The molecule has 32 heavy (non-hydrogen) atoms. The SMILES string of the molecule is O=C(c1cn2c3c(cccc3c1=O)CCC2)N1CCN(Cc2ccc3c(c2)OCO3)CC1. The maximum Gasteiger partial charge on any atom is 0.259 e. The predicted molar refractivity (Wildman–Crippen MR) is 120 cm³/mol. The second-order valence-corrected chi connectivity index (χ2v) is 8.74. The number of nitrogens with zero attached hydrogens (tertiary/aromatic N) is 3. The van der Waals surface area contributed by atoms with Gasteiger partial charge in [0.1, 0.15) is 5.56 Å². The van der Waals surface area contributed by atoms with E-state index < -0.39 is 0 Å². The molecule has 0 radical (unpaired) electrons. The van der Waals surface area contributed by atoms with Crippen LogP contribution in [0, 0.1) is 0 Å². The lowest BCUT2D eigenvalue weighted by Gasteiger charge is -2.35. The molecule has 1 amide bonds. The van der Waals surface area contributed by atoms with Gasteiger partial charge >= 0.3 is 0 Å². The van der Waals surface area contributed by atoms with E-state index >= 15 is 0 Å². The molecule has 7 nitrogen and oxygen atoms in total. The predicted octanol–water partition coefficient (Wildman–Crippen LogP) is 2.63. The fourth-order valence-electron chi connectivity index (χ4n) is 5.09. The van der Waals surface area contributed by atoms with Gasteiger partial charge in [-0.25, -0.2) is 0 Å². The number of aromatic nitrogens is 1. The highest BCUT2D eigenvalue weighted by atomic mass is 16.7. The van der Waals surface area contributed by atoms with Gasteiger partial charge < -0.3 is 18.9 Å². The van der Waals surface area contributed by atoms with Crippen LogP contribution in [0.3, 0.4) is 0 Å². The summed E-state index contributed by atoms with van der Waals surface area (Å²) in [4.78, 5) is 30.6. The van der Waals surface area contributed by atoms with Crippen molar-refractivity contribution in [2.75, 3.05) is 33.0 Å². The highest BCUT2D eigenvalue weighted by Gasteiger charge is 2.26. The molecule has 1 aromatic heterocycles. The Morgan fingerprint density at radius 2 is 1.81 bits per heavy atom. The van der Waals surface area contributed by atoms with Crippen molar-refractivity contribution < 1.29 is 14.3 Å². The van der Waals surface area contributed by atoms with Gasteiger partial charge in [0.15, 0.2) is 11.5 Å². The summed E-state index contributed by atoms with van der Waals surface area (Å²) >= 11 is 0. The molecule has 1 fully saturated rings. The summed E-state index contributed by atoms with van der Waals surface area (Å²) in [6.07, 6.45) is 3.80. The van der Waals surface area contributed by atoms with Gasteiger partial charge in [0.05, 0.1) is 5.52 Å². The molecule has 0 aliphatic carbocycles. The number of hydrogen-bond donors (Lipinski definition) is 0. The fraction of sp³-hybridized carbons (Fsp3) is 0.360. The first-order valence-corrected chi connectivity index (χ1v) is 11.2. The van der Waals surface area contributed by atoms with Crippen LogP contribution in [-0.2, 0) is 19.5 Å². The molecule has 3 aliphatic heterocycles. The topological polar surface area (TPSA) is 64.0 Å². The van der Waals surface area contributed by atoms with Crippen molar-refractivity contribution in [1.82, 2.24) is 14.4 Å². The van der Waals surface area contributed by atoms with Gasteiger partial charge in [-0.3, -0.25) is 14.5 Å². The van der Waals surface area contributed by atoms with E-state index in [-0.39, 0.29) is 18.1 Å². The monoisotopic (exact) mass is 431 g/mol. The van der Waals surface area contributed by atoms with Gasteiger partial charge in [-0.15, -0.1) is 0 Å². The summed E-state index contributed by atoms with van der Waals surface area (Å²) in [6, 6.07) is 11.9. The summed E-state index contributed by atoms with van der Waals surface area (Å²) in [5.41, 5.74) is 3.50. The van der Waals surface area contributed by atoms with Gasteiger partial charge in [-0.2, -0.15) is 0 Å². The van der Waals surface area contributed by atoms with Crippen LogP contribution in [-0.4, -0.2) is 53.2 Å². The lowest BCUT2D eigenvalue weighted by molar-refractivity contribution is 0.0626. The summed E-state index contributed by atoms with van der Waals surface area (Å²) in [5.74, 6) is 1.43. The van der Waals surface area contributed by atoms with Gasteiger partial charge in [-0.1, -0.05) is 18.2 Å². The third-order valence-electron chi connectivity index (χ3n) is 6.76. The number of benzene rings is 2. The molecule has 4 heterocycles. The van der Waals surface area contributed by atoms with Crippen LogP contribution >= 0.6 is 0 Å². The Bertz CT molecular complexity index is 1270. The first-order valence-electron chi connectivity index (χ1n) is 11.2. The number of carbonyl (C=O) groups is 1. The fourth-order valence-corrected chi connectivity index (χ4v) is 5.09. The molecule has 3 aromatic rings. The minimum atomic E-state index is -0.153. The van der Waals surface area contributed by atoms with Gasteiger partial charge in [0.25, 0.3) is 5.91 Å². The van der Waals surface area contributed by atoms with Crippen molar-refractivity contribution in [3.05, 3.63) is 69.5 Å². The molecule has 6 rings (SSSR count). The molecule has 164 valence electrons. The van der Waals surface area contributed by atoms with Crippen LogP contribution in [0.1, 0.15) is 27.9 Å². The Labute approximate surface area is 185 Å². The number of aryl methyl sites for hydroxylation is 2. The van der Waals surface area contributed by atoms with E-state index in [1.54, 1.807) is 6.20 Å². The van der Waals surface area contributed by atoms with E-state index in [0.717, 1.165) is 61.6 Å². The molecule has 7 heteroatoms. The maximum absolute atomic E-state index is 13.3. The maximum atomic E-state index is 13.3. The third kappa shape index (κ3) is 3.24. The zero-order valence-electron chi connectivity index (χ0n) is 17.9. The highest BCUT2D eigenvalue weighted by Crippen LogP contribution is 2.33. The number of piperazine rings is 1. The number of ether oxygens (including phenoxy) is 2. The van der Waals surface area contributed by atoms with E-state index in [9.17, 15) is 9.59 Å². The summed E-state index contributed by atoms with van der Waals surface area (Å²) in [7, 11) is 0. The second-order valence-electron chi connectivity index (χ2n) is 8.74. The van der Waals surface area contributed by atoms with Crippen molar-refractivity contribution in [3.63, 3.8) is 0 Å². The van der Waals surface area contributed by atoms with Crippen LogP contribution in [0.25, 0.3) is 10.9 Å². The smallest absolute Gasteiger partial charge is 0.259 e. The molecule has 0 unspecified atom stereocenters. The standard InChI is InChI=1S/C25H25N3O4/c29-24-19-5-1-3-18-4-2-8-28(23(18)19)15-20(24)25(30)27-11-9-26(10-12-27)14-17-6-7-21-22(13-17)32-16-31-21/h1,3,5-7,13,15H,2,4,8-12,14,16H2. The zero-order valence-corrected chi connectivity index (χ0v) is 17.9. The number of hydrogen-bond acceptors (Lipinski definition) is 5. The van der Waals surface area contributed by atoms with E-state index in [1.807, 2.05) is 29.2 Å². The molecule has 0 atom stereocenters. The molecular weight excluding hydrogens is 406 g/mol. The van der Waals surface area contributed by atoms with E-state index in [1.165, 1.54) is 5.56 Å². The molecule has 3 aliphatic rings. The first kappa shape index (κ1) is 19.4. The first-order chi connectivity index (χ1) is 15.7. The van der Waals surface area contributed by atoms with Crippen molar-refractivity contribution in [2.24, 2.45) is 0 Å². The lowest BCUT2D eigenvalue weighted by Crippen LogP contribution is -2.49. The number of pyridine rings is 1. The number of para-hydroxylation sites is 1. The second kappa shape index (κ2) is 7.67. The Kier molecular flexibility index (Phi) is 4.64. The highest BCUT2D eigenvalue weighted by molar-refractivity contribution is 5.98. The Morgan fingerprint density at radius 1 is 0.969 bits per heavy atom. The van der Waals surface area contributed by atoms with Crippen molar-refractivity contribution in [1.29, 1.82) is 0 Å². The average molecular weight is 431 g/mol. The third-order valence-corrected chi connectivity index (χ3v) is 6.76. The largest absolute Gasteiger partial charge is 0.454 e. The van der Waals surface area contributed by atoms with Crippen LogP contribution < -0.4 is 14.9 Å². The number of rotatable bonds is 3. The summed E-state index contributed by atoms with van der Waals surface area (Å²) < 4.78 is 13.0. The van der Waals surface area contributed by atoms with E-state index in [4.69, 9.17) is 9.47 Å². The van der Waals surface area contributed by atoms with Crippen LogP contribution in [0.2, 0.25) is 0 Å². The Morgan fingerprint density at radius 3 is 2.69 bits per heavy atom. The number of fused-ring (bicyclic) bond motifs is 1. The van der Waals surface area contributed by atoms with Gasteiger partial charge in [0.2, 0.25) is 12.2 Å². The van der Waals surface area contributed by atoms with E-state index in [0.29, 0.717) is 24.0 Å². The number of amides is 1. The summed E-state index contributed by atoms with van der Waals surface area (Å²) in [6.45, 7) is 4.68. The molecular formula is C25H25N3O4. The van der Waals surface area contributed by atoms with Crippen LogP contribution in [0.5, 0.6) is 11.5 Å². The van der Waals surface area contributed by atoms with Crippen LogP contribution in [0.4, 0.5) is 0 Å². The number of carbonyl (C=O) groups excluding carboxylic acids is 1. The van der Waals surface area contributed by atoms with Gasteiger partial charge in [0, 0.05) is 50.9 Å². The molecule has 0 bridgehead atoms. The molecule has 0 saturated carbocycles. The minimum Gasteiger partial charge on any atom is -0.454 e. The van der Waals surface area contributed by atoms with Crippen molar-refractivity contribution in [3.8, 4) is 11.5 Å². The Hall–Kier alpha value is -3.32. The molecule has 0 N–H and O–H groups in total. The minimum absolute atomic E-state index is 0.146. The molecule has 2 aromatic carbocycles. The lowest BCUT2D eigenvalue weighted by atomic mass is 9.99. The normalized spacial score (nSPS) is 17.7. The molecule has 0 spiro atoms. The van der Waals surface area contributed by atoms with Crippen LogP contribution in [0.15, 0.2) is 47.4 Å². The van der Waals surface area contributed by atoms with Gasteiger partial charge in [-0.05, 0) is 42.2 Å².